The minimum absolute atomic E-state index is 0.00270. The van der Waals surface area contributed by atoms with Crippen molar-refractivity contribution in [2.45, 2.75) is 32.4 Å². The maximum atomic E-state index is 13.1. The highest BCUT2D eigenvalue weighted by atomic mass is 35.5. The summed E-state index contributed by atoms with van der Waals surface area (Å²) in [5.74, 6) is -1.02. The van der Waals surface area contributed by atoms with E-state index in [-0.39, 0.29) is 17.4 Å². The number of fused-ring (bicyclic) bond motifs is 1. The van der Waals surface area contributed by atoms with Crippen molar-refractivity contribution < 1.29 is 19.4 Å². The van der Waals surface area contributed by atoms with Crippen molar-refractivity contribution in [1.82, 2.24) is 10.2 Å². The van der Waals surface area contributed by atoms with Crippen LogP contribution in [0.2, 0.25) is 5.02 Å². The average Bonchev–Trinajstić information content (AvgIpc) is 3.43. The number of rotatable bonds is 3. The van der Waals surface area contributed by atoms with Gasteiger partial charge in [-0.25, -0.2) is 0 Å². The van der Waals surface area contributed by atoms with Crippen molar-refractivity contribution in [3.8, 4) is 5.75 Å². The molecule has 1 aromatic heterocycles. The summed E-state index contributed by atoms with van der Waals surface area (Å²) in [6.45, 7) is 3.73. The van der Waals surface area contributed by atoms with Gasteiger partial charge in [-0.2, -0.15) is 0 Å². The fraction of sp³-hybridized carbons (Fsp3) is 0.217. The number of aliphatic hydroxyl groups excluding tert-OH is 1. The van der Waals surface area contributed by atoms with Gasteiger partial charge in [0, 0.05) is 17.0 Å². The molecule has 0 saturated carbocycles. The predicted molar refractivity (Wildman–Crippen MR) is 121 cm³/mol. The van der Waals surface area contributed by atoms with Crippen molar-refractivity contribution in [3.05, 3.63) is 74.8 Å². The summed E-state index contributed by atoms with van der Waals surface area (Å²) in [6.07, 6.45) is 0.748. The number of aromatic nitrogens is 2. The van der Waals surface area contributed by atoms with E-state index in [1.54, 1.807) is 49.4 Å². The van der Waals surface area contributed by atoms with E-state index in [2.05, 4.69) is 10.2 Å². The first kappa shape index (κ1) is 20.7. The Hall–Kier alpha value is -3.23. The molecule has 0 bridgehead atoms. The lowest BCUT2D eigenvalue weighted by atomic mass is 9.94. The van der Waals surface area contributed by atoms with Crippen molar-refractivity contribution in [2.75, 3.05) is 4.90 Å². The molecule has 2 aromatic carbocycles. The number of carbonyl (C=O) groups is 2. The van der Waals surface area contributed by atoms with E-state index in [0.29, 0.717) is 32.7 Å². The predicted octanol–water partition coefficient (Wildman–Crippen LogP) is 4.45. The van der Waals surface area contributed by atoms with Crippen LogP contribution < -0.4 is 9.64 Å². The zero-order valence-corrected chi connectivity index (χ0v) is 18.8. The number of hydrogen-bond donors (Lipinski definition) is 1. The summed E-state index contributed by atoms with van der Waals surface area (Å²) in [7, 11) is 0. The van der Waals surface area contributed by atoms with Crippen LogP contribution in [0.4, 0.5) is 5.13 Å². The summed E-state index contributed by atoms with van der Waals surface area (Å²) in [5.41, 5.74) is 2.02. The molecule has 3 heterocycles. The number of benzene rings is 2. The second-order valence-corrected chi connectivity index (χ2v) is 9.38. The van der Waals surface area contributed by atoms with Crippen LogP contribution in [0.25, 0.3) is 5.76 Å². The summed E-state index contributed by atoms with van der Waals surface area (Å²) in [5, 5.41) is 20.8. The summed E-state index contributed by atoms with van der Waals surface area (Å²) >= 11 is 7.25. The molecule has 7 nitrogen and oxygen atoms in total. The maximum Gasteiger partial charge on any atom is 0.301 e. The van der Waals surface area contributed by atoms with Gasteiger partial charge >= 0.3 is 5.91 Å². The largest absolute Gasteiger partial charge is 0.507 e. The van der Waals surface area contributed by atoms with Gasteiger partial charge in [0.15, 0.2) is 0 Å². The van der Waals surface area contributed by atoms with Crippen LogP contribution in [0.5, 0.6) is 5.75 Å². The number of nitrogens with zero attached hydrogens (tertiary/aromatic N) is 3. The smallest absolute Gasteiger partial charge is 0.301 e. The number of ketones is 1. The number of aryl methyl sites for hydroxylation is 1. The third-order valence-corrected chi connectivity index (χ3v) is 6.61. The molecule has 0 aliphatic carbocycles. The molecule has 0 spiro atoms. The van der Waals surface area contributed by atoms with Gasteiger partial charge in [-0.15, -0.1) is 10.2 Å². The van der Waals surface area contributed by atoms with Crippen molar-refractivity contribution >= 4 is 45.5 Å². The fourth-order valence-corrected chi connectivity index (χ4v) is 4.94. The van der Waals surface area contributed by atoms with Gasteiger partial charge < -0.3 is 9.84 Å². The van der Waals surface area contributed by atoms with Crippen LogP contribution in [-0.2, 0) is 16.0 Å². The van der Waals surface area contributed by atoms with Gasteiger partial charge in [0.25, 0.3) is 5.78 Å². The summed E-state index contributed by atoms with van der Waals surface area (Å²) in [6, 6.07) is 11.2. The Bertz CT molecular complexity index is 1280. The van der Waals surface area contributed by atoms with Crippen LogP contribution in [-0.4, -0.2) is 33.1 Å². The Kier molecular flexibility index (Phi) is 4.98. The normalized spacial score (nSPS) is 21.7. The molecular weight excluding hydrogens is 450 g/mol. The number of halogens is 1. The van der Waals surface area contributed by atoms with Crippen LogP contribution >= 0.6 is 22.9 Å². The number of aliphatic hydroxyl groups is 1. The van der Waals surface area contributed by atoms with Crippen molar-refractivity contribution in [3.63, 3.8) is 0 Å². The molecule has 1 N–H and O–H groups in total. The quantitative estimate of drug-likeness (QED) is 0.347. The van der Waals surface area contributed by atoms with Gasteiger partial charge in [0.05, 0.1) is 11.6 Å². The van der Waals surface area contributed by atoms with E-state index in [4.69, 9.17) is 16.3 Å². The molecule has 1 saturated heterocycles. The van der Waals surface area contributed by atoms with Gasteiger partial charge in [-0.1, -0.05) is 35.1 Å². The first-order valence-electron chi connectivity index (χ1n) is 10.00. The second kappa shape index (κ2) is 7.72. The van der Waals surface area contributed by atoms with Gasteiger partial charge in [0.1, 0.15) is 22.6 Å². The zero-order chi connectivity index (χ0) is 22.6. The molecule has 162 valence electrons. The Morgan fingerprint density at radius 3 is 2.62 bits per heavy atom. The summed E-state index contributed by atoms with van der Waals surface area (Å²) < 4.78 is 5.73. The van der Waals surface area contributed by atoms with Gasteiger partial charge in [0.2, 0.25) is 5.13 Å². The van der Waals surface area contributed by atoms with Crippen LogP contribution in [0.15, 0.2) is 48.0 Å². The average molecular weight is 468 g/mol. The molecule has 9 heteroatoms. The maximum absolute atomic E-state index is 13.1. The summed E-state index contributed by atoms with van der Waals surface area (Å²) in [4.78, 5) is 27.5. The topological polar surface area (TPSA) is 92.6 Å². The van der Waals surface area contributed by atoms with E-state index in [1.807, 2.05) is 6.92 Å². The Morgan fingerprint density at radius 1 is 1.19 bits per heavy atom. The molecule has 5 rings (SSSR count). The lowest BCUT2D eigenvalue weighted by molar-refractivity contribution is -0.132. The highest BCUT2D eigenvalue weighted by Crippen LogP contribution is 2.43. The Balaban J connectivity index is 1.68. The molecule has 1 amide bonds. The minimum Gasteiger partial charge on any atom is -0.507 e. The zero-order valence-electron chi connectivity index (χ0n) is 17.2. The Morgan fingerprint density at radius 2 is 1.94 bits per heavy atom. The number of anilines is 1. The van der Waals surface area contributed by atoms with Crippen molar-refractivity contribution in [1.29, 1.82) is 0 Å². The fourth-order valence-electron chi connectivity index (χ4n) is 4.10. The molecule has 0 unspecified atom stereocenters. The Labute approximate surface area is 192 Å². The number of hydrogen-bond acceptors (Lipinski definition) is 7. The lowest BCUT2D eigenvalue weighted by Gasteiger charge is -2.22. The molecule has 0 radical (unpaired) electrons. The van der Waals surface area contributed by atoms with E-state index in [9.17, 15) is 14.7 Å². The highest BCUT2D eigenvalue weighted by molar-refractivity contribution is 7.15. The molecule has 32 heavy (non-hydrogen) atoms. The van der Waals surface area contributed by atoms with Crippen LogP contribution in [0.1, 0.15) is 34.7 Å². The van der Waals surface area contributed by atoms with E-state index in [0.717, 1.165) is 11.3 Å². The second-order valence-electron chi connectivity index (χ2n) is 7.78. The number of Topliss-reactive ketones (excluding diaryl/α,β-unsaturated/α-hetero) is 1. The van der Waals surface area contributed by atoms with Crippen LogP contribution in [0.3, 0.4) is 0 Å². The van der Waals surface area contributed by atoms with E-state index < -0.39 is 17.7 Å². The number of amides is 1. The molecule has 2 atom stereocenters. The lowest BCUT2D eigenvalue weighted by Crippen LogP contribution is -2.29. The van der Waals surface area contributed by atoms with E-state index >= 15 is 0 Å². The minimum atomic E-state index is -0.858. The number of carbonyl (C=O) groups excluding carboxylic acids is 2. The first-order valence-corrected chi connectivity index (χ1v) is 11.2. The molecule has 3 aromatic rings. The van der Waals surface area contributed by atoms with Crippen LogP contribution in [0, 0.1) is 6.92 Å². The third kappa shape index (κ3) is 3.36. The van der Waals surface area contributed by atoms with Crippen molar-refractivity contribution in [2.24, 2.45) is 0 Å². The SMILES string of the molecule is Cc1nnc(N2C(=O)C(=O)/C(=C(/O)c3ccc4c(c3)C[C@@H](C)O4)[C@H]2c2ccc(Cl)cc2)s1. The van der Waals surface area contributed by atoms with Gasteiger partial charge in [-0.3, -0.25) is 14.5 Å². The standard InChI is InChI=1S/C23H18ClN3O4S/c1-11-9-15-10-14(5-8-17(15)31-11)20(28)18-19(13-3-6-16(24)7-4-13)27(22(30)21(18)29)23-26-25-12(2)32-23/h3-8,10-11,19,28H,9H2,1-2H3/b20-18+/t11-,19-/m1/s1. The van der Waals surface area contributed by atoms with Gasteiger partial charge in [-0.05, 0) is 55.3 Å². The molecule has 2 aliphatic rings. The molecule has 2 aliphatic heterocycles. The first-order chi connectivity index (χ1) is 15.3. The monoisotopic (exact) mass is 467 g/mol. The third-order valence-electron chi connectivity index (χ3n) is 5.52. The van der Waals surface area contributed by atoms with E-state index in [1.165, 1.54) is 16.2 Å². The highest BCUT2D eigenvalue weighted by Gasteiger charge is 2.48. The molecular formula is C23H18ClN3O4S. The number of ether oxygens (including phenoxy) is 1. The molecule has 1 fully saturated rings.